The van der Waals surface area contributed by atoms with Crippen molar-refractivity contribution in [1.29, 1.82) is 0 Å². The van der Waals surface area contributed by atoms with Crippen LogP contribution in [0.4, 0.5) is 0 Å². The fourth-order valence-corrected chi connectivity index (χ4v) is 2.73. The first-order chi connectivity index (χ1) is 9.19. The molecule has 2 N–H and O–H groups in total. The molecule has 1 aliphatic heterocycles. The second-order valence-corrected chi connectivity index (χ2v) is 5.55. The Kier molecular flexibility index (Phi) is 4.97. The quantitative estimate of drug-likeness (QED) is 0.901. The fourth-order valence-electron chi connectivity index (χ4n) is 2.73. The third-order valence-electron chi connectivity index (χ3n) is 4.10. The molecule has 3 heteroatoms. The van der Waals surface area contributed by atoms with Crippen LogP contribution in [0.25, 0.3) is 0 Å². The van der Waals surface area contributed by atoms with Crippen LogP contribution < -0.4 is 5.73 Å². The molecule has 0 saturated carbocycles. The van der Waals surface area contributed by atoms with Gasteiger partial charge in [0.05, 0.1) is 6.54 Å². The monoisotopic (exact) mass is 260 g/mol. The van der Waals surface area contributed by atoms with Crippen LogP contribution in [0, 0.1) is 12.8 Å². The van der Waals surface area contributed by atoms with Crippen LogP contribution in [0.1, 0.15) is 30.4 Å². The third kappa shape index (κ3) is 4.06. The molecule has 0 atom stereocenters. The Labute approximate surface area is 115 Å². The summed E-state index contributed by atoms with van der Waals surface area (Å²) in [5, 5.41) is 0. The molecular weight excluding hydrogens is 236 g/mol. The number of hydrogen-bond acceptors (Lipinski definition) is 2. The summed E-state index contributed by atoms with van der Waals surface area (Å²) < 4.78 is 0. The van der Waals surface area contributed by atoms with E-state index in [1.54, 1.807) is 0 Å². The molecule has 104 valence electrons. The van der Waals surface area contributed by atoms with E-state index in [0.29, 0.717) is 0 Å². The van der Waals surface area contributed by atoms with E-state index in [4.69, 9.17) is 5.73 Å². The molecule has 1 aliphatic rings. The number of piperidine rings is 1. The number of nitrogens with two attached hydrogens (primary N) is 1. The highest BCUT2D eigenvalue weighted by Crippen LogP contribution is 2.22. The zero-order chi connectivity index (χ0) is 13.7. The van der Waals surface area contributed by atoms with Crippen LogP contribution >= 0.6 is 0 Å². The van der Waals surface area contributed by atoms with Crippen LogP contribution in [-0.4, -0.2) is 30.4 Å². The summed E-state index contributed by atoms with van der Waals surface area (Å²) in [5.74, 6) is 0.847. The smallest absolute Gasteiger partial charge is 0.236 e. The number of hydrogen-bond donors (Lipinski definition) is 1. The van der Waals surface area contributed by atoms with Gasteiger partial charge in [0.2, 0.25) is 5.91 Å². The molecule has 0 spiro atoms. The summed E-state index contributed by atoms with van der Waals surface area (Å²) in [6, 6.07) is 8.81. The van der Waals surface area contributed by atoms with Gasteiger partial charge in [0.15, 0.2) is 0 Å². The topological polar surface area (TPSA) is 46.3 Å². The minimum Gasteiger partial charge on any atom is -0.342 e. The molecule has 0 aromatic heterocycles. The fraction of sp³-hybridized carbons (Fsp3) is 0.562. The number of carbonyl (C=O) groups excluding carboxylic acids is 1. The number of nitrogens with zero attached hydrogens (tertiary/aromatic N) is 1. The van der Waals surface area contributed by atoms with Gasteiger partial charge in [-0.05, 0) is 44.1 Å². The molecule has 0 aliphatic carbocycles. The molecule has 0 radical (unpaired) electrons. The lowest BCUT2D eigenvalue weighted by Gasteiger charge is -2.31. The Hall–Kier alpha value is -1.35. The van der Waals surface area contributed by atoms with Crippen molar-refractivity contribution >= 4 is 5.91 Å². The number of rotatable bonds is 4. The number of aryl methyl sites for hydroxylation is 2. The molecule has 3 nitrogen and oxygen atoms in total. The van der Waals surface area contributed by atoms with Gasteiger partial charge in [0.1, 0.15) is 0 Å². The molecule has 0 bridgehead atoms. The molecule has 2 rings (SSSR count). The first-order valence-electron chi connectivity index (χ1n) is 7.22. The highest BCUT2D eigenvalue weighted by Gasteiger charge is 2.21. The lowest BCUT2D eigenvalue weighted by molar-refractivity contribution is -0.131. The van der Waals surface area contributed by atoms with Crippen LogP contribution in [0.15, 0.2) is 24.3 Å². The Morgan fingerprint density at radius 3 is 2.47 bits per heavy atom. The van der Waals surface area contributed by atoms with Crippen molar-refractivity contribution in [3.05, 3.63) is 35.4 Å². The standard InChI is InChI=1S/C16H24N2O/c1-13-2-4-14(5-3-13)6-7-15-8-10-18(11-9-15)16(19)12-17/h2-5,15H,6-12,17H2,1H3. The normalized spacial score (nSPS) is 16.6. The average Bonchev–Trinajstić information content (AvgIpc) is 2.46. The van der Waals surface area contributed by atoms with Gasteiger partial charge in [-0.15, -0.1) is 0 Å². The highest BCUT2D eigenvalue weighted by molar-refractivity contribution is 5.78. The highest BCUT2D eigenvalue weighted by atomic mass is 16.2. The molecule has 1 saturated heterocycles. The molecule has 1 heterocycles. The zero-order valence-electron chi connectivity index (χ0n) is 11.8. The van der Waals surface area contributed by atoms with Crippen molar-refractivity contribution < 1.29 is 4.79 Å². The van der Waals surface area contributed by atoms with Crippen molar-refractivity contribution in [2.24, 2.45) is 11.7 Å². The number of benzene rings is 1. The summed E-state index contributed by atoms with van der Waals surface area (Å²) in [6.07, 6.45) is 4.62. The minimum atomic E-state index is 0.0944. The minimum absolute atomic E-state index is 0.0944. The van der Waals surface area contributed by atoms with E-state index < -0.39 is 0 Å². The second kappa shape index (κ2) is 6.71. The van der Waals surface area contributed by atoms with Crippen LogP contribution in [0.3, 0.4) is 0 Å². The summed E-state index contributed by atoms with van der Waals surface area (Å²) in [4.78, 5) is 13.4. The Bertz CT molecular complexity index is 405. The van der Waals surface area contributed by atoms with Gasteiger partial charge in [-0.25, -0.2) is 0 Å². The Balaban J connectivity index is 1.74. The lowest BCUT2D eigenvalue weighted by atomic mass is 9.90. The Morgan fingerprint density at radius 1 is 1.26 bits per heavy atom. The van der Waals surface area contributed by atoms with Crippen molar-refractivity contribution in [3.8, 4) is 0 Å². The maximum atomic E-state index is 11.5. The summed E-state index contributed by atoms with van der Waals surface area (Å²) >= 11 is 0. The van der Waals surface area contributed by atoms with E-state index in [1.165, 1.54) is 17.5 Å². The maximum Gasteiger partial charge on any atom is 0.236 e. The van der Waals surface area contributed by atoms with Gasteiger partial charge in [0, 0.05) is 13.1 Å². The van der Waals surface area contributed by atoms with E-state index in [-0.39, 0.29) is 12.5 Å². The molecule has 1 aromatic carbocycles. The van der Waals surface area contributed by atoms with Crippen molar-refractivity contribution in [2.75, 3.05) is 19.6 Å². The first kappa shape index (κ1) is 14.1. The van der Waals surface area contributed by atoms with Crippen LogP contribution in [0.2, 0.25) is 0 Å². The molecule has 0 unspecified atom stereocenters. The third-order valence-corrected chi connectivity index (χ3v) is 4.10. The predicted octanol–water partition coefficient (Wildman–Crippen LogP) is 2.12. The summed E-state index contributed by atoms with van der Waals surface area (Å²) in [5.41, 5.74) is 8.13. The summed E-state index contributed by atoms with van der Waals surface area (Å²) in [6.45, 7) is 4.03. The first-order valence-corrected chi connectivity index (χ1v) is 7.22. The van der Waals surface area contributed by atoms with E-state index in [9.17, 15) is 4.79 Å². The average molecular weight is 260 g/mol. The number of amides is 1. The molecule has 1 aromatic rings. The second-order valence-electron chi connectivity index (χ2n) is 5.55. The lowest BCUT2D eigenvalue weighted by Crippen LogP contribution is -2.41. The summed E-state index contributed by atoms with van der Waals surface area (Å²) in [7, 11) is 0. The molecule has 1 amide bonds. The van der Waals surface area contributed by atoms with Gasteiger partial charge >= 0.3 is 0 Å². The number of carbonyl (C=O) groups is 1. The largest absolute Gasteiger partial charge is 0.342 e. The SMILES string of the molecule is Cc1ccc(CCC2CCN(C(=O)CN)CC2)cc1. The van der Waals surface area contributed by atoms with Gasteiger partial charge in [0.25, 0.3) is 0 Å². The predicted molar refractivity (Wildman–Crippen MR) is 77.9 cm³/mol. The van der Waals surface area contributed by atoms with Crippen molar-refractivity contribution in [1.82, 2.24) is 4.90 Å². The van der Waals surface area contributed by atoms with Gasteiger partial charge in [-0.3, -0.25) is 4.79 Å². The van der Waals surface area contributed by atoms with Gasteiger partial charge in [-0.1, -0.05) is 29.8 Å². The van der Waals surface area contributed by atoms with Crippen LogP contribution in [0.5, 0.6) is 0 Å². The molecule has 19 heavy (non-hydrogen) atoms. The molecular formula is C16H24N2O. The molecule has 1 fully saturated rings. The van der Waals surface area contributed by atoms with Crippen molar-refractivity contribution in [3.63, 3.8) is 0 Å². The van der Waals surface area contributed by atoms with Crippen molar-refractivity contribution in [2.45, 2.75) is 32.6 Å². The Morgan fingerprint density at radius 2 is 1.89 bits per heavy atom. The van der Waals surface area contributed by atoms with E-state index in [2.05, 4.69) is 31.2 Å². The van der Waals surface area contributed by atoms with Gasteiger partial charge < -0.3 is 10.6 Å². The maximum absolute atomic E-state index is 11.5. The van der Waals surface area contributed by atoms with E-state index >= 15 is 0 Å². The van der Waals surface area contributed by atoms with E-state index in [1.807, 2.05) is 4.90 Å². The van der Waals surface area contributed by atoms with E-state index in [0.717, 1.165) is 38.3 Å². The van der Waals surface area contributed by atoms with Crippen LogP contribution in [-0.2, 0) is 11.2 Å². The number of likely N-dealkylation sites (tertiary alicyclic amines) is 1. The zero-order valence-corrected chi connectivity index (χ0v) is 11.8. The van der Waals surface area contributed by atoms with Gasteiger partial charge in [-0.2, -0.15) is 0 Å².